The number of nitrogens with one attached hydrogen (secondary N) is 1. The molecule has 1 saturated heterocycles. The third-order valence-corrected chi connectivity index (χ3v) is 4.89. The maximum Gasteiger partial charge on any atom is 0.255 e. The molecule has 0 saturated carbocycles. The van der Waals surface area contributed by atoms with Crippen molar-refractivity contribution in [2.75, 3.05) is 36.5 Å². The van der Waals surface area contributed by atoms with Crippen molar-refractivity contribution in [2.24, 2.45) is 0 Å². The number of morpholine rings is 1. The molecule has 3 aromatic rings. The Morgan fingerprint density at radius 1 is 1.17 bits per heavy atom. The van der Waals surface area contributed by atoms with Gasteiger partial charge in [-0.15, -0.1) is 11.3 Å². The number of benzene rings is 2. The van der Waals surface area contributed by atoms with Crippen molar-refractivity contribution < 1.29 is 9.53 Å². The van der Waals surface area contributed by atoms with E-state index in [4.69, 9.17) is 4.74 Å². The molecular weight excluding hydrogens is 322 g/mol. The monoisotopic (exact) mass is 339 g/mol. The molecule has 122 valence electrons. The minimum Gasteiger partial charge on any atom is -0.378 e. The Morgan fingerprint density at radius 2 is 2.00 bits per heavy atom. The Hall–Kier alpha value is -2.44. The van der Waals surface area contributed by atoms with E-state index in [2.05, 4.69) is 15.2 Å². The highest BCUT2D eigenvalue weighted by molar-refractivity contribution is 7.16. The molecule has 5 nitrogen and oxygen atoms in total. The number of thiazole rings is 1. The first-order valence-corrected chi connectivity index (χ1v) is 8.75. The summed E-state index contributed by atoms with van der Waals surface area (Å²) in [6.07, 6.45) is 0. The molecule has 0 aliphatic carbocycles. The second-order valence-corrected chi connectivity index (χ2v) is 6.49. The minimum atomic E-state index is -0.106. The topological polar surface area (TPSA) is 54.5 Å². The maximum atomic E-state index is 12.6. The van der Waals surface area contributed by atoms with Crippen molar-refractivity contribution in [1.82, 2.24) is 4.98 Å². The van der Waals surface area contributed by atoms with Gasteiger partial charge in [-0.1, -0.05) is 12.1 Å². The molecule has 0 atom stereocenters. The van der Waals surface area contributed by atoms with Gasteiger partial charge >= 0.3 is 0 Å². The van der Waals surface area contributed by atoms with E-state index in [1.807, 2.05) is 42.5 Å². The smallest absolute Gasteiger partial charge is 0.255 e. The molecule has 1 amide bonds. The number of carbonyl (C=O) groups excluding carboxylic acids is 1. The predicted octanol–water partition coefficient (Wildman–Crippen LogP) is 3.39. The first-order valence-electron chi connectivity index (χ1n) is 7.87. The summed E-state index contributed by atoms with van der Waals surface area (Å²) >= 11 is 1.54. The number of amides is 1. The molecule has 1 aromatic heterocycles. The second-order valence-electron chi connectivity index (χ2n) is 5.61. The number of para-hydroxylation sites is 2. The number of fused-ring (bicyclic) bond motifs is 1. The van der Waals surface area contributed by atoms with Crippen LogP contribution in [-0.4, -0.2) is 37.2 Å². The van der Waals surface area contributed by atoms with Crippen molar-refractivity contribution >= 4 is 38.8 Å². The summed E-state index contributed by atoms with van der Waals surface area (Å²) in [4.78, 5) is 19.1. The SMILES string of the molecule is O=C(Nc1ccccc1N1CCOCC1)c1ccc2ncsc2c1. The van der Waals surface area contributed by atoms with Crippen molar-refractivity contribution in [1.29, 1.82) is 0 Å². The summed E-state index contributed by atoms with van der Waals surface area (Å²) < 4.78 is 6.43. The summed E-state index contributed by atoms with van der Waals surface area (Å²) in [7, 11) is 0. The van der Waals surface area contributed by atoms with Crippen LogP contribution >= 0.6 is 11.3 Å². The van der Waals surface area contributed by atoms with Gasteiger partial charge in [-0.05, 0) is 30.3 Å². The molecule has 6 heteroatoms. The van der Waals surface area contributed by atoms with Gasteiger partial charge in [0.05, 0.1) is 40.3 Å². The van der Waals surface area contributed by atoms with E-state index in [0.29, 0.717) is 18.8 Å². The first kappa shape index (κ1) is 15.1. The summed E-state index contributed by atoms with van der Waals surface area (Å²) in [6.45, 7) is 3.09. The number of nitrogens with zero attached hydrogens (tertiary/aromatic N) is 2. The van der Waals surface area contributed by atoms with Crippen LogP contribution in [0.1, 0.15) is 10.4 Å². The summed E-state index contributed by atoms with van der Waals surface area (Å²) in [6, 6.07) is 13.5. The summed E-state index contributed by atoms with van der Waals surface area (Å²) in [5.41, 5.74) is 5.22. The lowest BCUT2D eigenvalue weighted by Crippen LogP contribution is -2.36. The van der Waals surface area contributed by atoms with Crippen molar-refractivity contribution in [3.05, 3.63) is 53.5 Å². The lowest BCUT2D eigenvalue weighted by atomic mass is 10.1. The van der Waals surface area contributed by atoms with Gasteiger partial charge in [-0.25, -0.2) is 4.98 Å². The van der Waals surface area contributed by atoms with Crippen LogP contribution in [0.25, 0.3) is 10.2 Å². The predicted molar refractivity (Wildman–Crippen MR) is 97.0 cm³/mol. The zero-order chi connectivity index (χ0) is 16.4. The number of hydrogen-bond donors (Lipinski definition) is 1. The maximum absolute atomic E-state index is 12.6. The van der Waals surface area contributed by atoms with Crippen molar-refractivity contribution in [2.45, 2.75) is 0 Å². The van der Waals surface area contributed by atoms with Crippen molar-refractivity contribution in [3.63, 3.8) is 0 Å². The van der Waals surface area contributed by atoms with Crippen LogP contribution in [-0.2, 0) is 4.74 Å². The van der Waals surface area contributed by atoms with Crippen LogP contribution in [0.4, 0.5) is 11.4 Å². The van der Waals surface area contributed by atoms with Crippen LogP contribution in [0.5, 0.6) is 0 Å². The van der Waals surface area contributed by atoms with Gasteiger partial charge in [0.1, 0.15) is 0 Å². The van der Waals surface area contributed by atoms with Gasteiger partial charge in [-0.3, -0.25) is 4.79 Å². The van der Waals surface area contributed by atoms with E-state index < -0.39 is 0 Å². The number of rotatable bonds is 3. The van der Waals surface area contributed by atoms with Gasteiger partial charge in [0.25, 0.3) is 5.91 Å². The van der Waals surface area contributed by atoms with E-state index in [9.17, 15) is 4.79 Å². The quantitative estimate of drug-likeness (QED) is 0.795. The lowest BCUT2D eigenvalue weighted by molar-refractivity contribution is 0.102. The van der Waals surface area contributed by atoms with Crippen LogP contribution < -0.4 is 10.2 Å². The van der Waals surface area contributed by atoms with E-state index >= 15 is 0 Å². The van der Waals surface area contributed by atoms with E-state index in [1.165, 1.54) is 11.3 Å². The molecule has 0 radical (unpaired) electrons. The average Bonchev–Trinajstić information content (AvgIpc) is 3.10. The highest BCUT2D eigenvalue weighted by Crippen LogP contribution is 2.27. The zero-order valence-electron chi connectivity index (χ0n) is 13.1. The normalized spacial score (nSPS) is 14.8. The number of hydrogen-bond acceptors (Lipinski definition) is 5. The van der Waals surface area contributed by atoms with Gasteiger partial charge < -0.3 is 15.0 Å². The fourth-order valence-electron chi connectivity index (χ4n) is 2.85. The molecule has 1 N–H and O–H groups in total. The molecule has 1 fully saturated rings. The molecule has 2 heterocycles. The van der Waals surface area contributed by atoms with Crippen LogP contribution in [0, 0.1) is 0 Å². The molecule has 4 rings (SSSR count). The first-order chi connectivity index (χ1) is 11.8. The number of carbonyl (C=O) groups is 1. The summed E-state index contributed by atoms with van der Waals surface area (Å²) in [5, 5.41) is 3.04. The molecule has 24 heavy (non-hydrogen) atoms. The Bertz CT molecular complexity index is 871. The minimum absolute atomic E-state index is 0.106. The Labute approximate surface area is 143 Å². The Morgan fingerprint density at radius 3 is 2.88 bits per heavy atom. The van der Waals surface area contributed by atoms with Gasteiger partial charge in [0.2, 0.25) is 0 Å². The second kappa shape index (κ2) is 6.59. The number of aromatic nitrogens is 1. The zero-order valence-corrected chi connectivity index (χ0v) is 13.9. The van der Waals surface area contributed by atoms with Crippen LogP contribution in [0.2, 0.25) is 0 Å². The molecule has 0 bridgehead atoms. The molecule has 0 unspecified atom stereocenters. The fourth-order valence-corrected chi connectivity index (χ4v) is 3.57. The highest BCUT2D eigenvalue weighted by Gasteiger charge is 2.16. The fraction of sp³-hybridized carbons (Fsp3) is 0.222. The van der Waals surface area contributed by atoms with E-state index in [0.717, 1.165) is 34.7 Å². The summed E-state index contributed by atoms with van der Waals surface area (Å²) in [5.74, 6) is -0.106. The Kier molecular flexibility index (Phi) is 4.15. The van der Waals surface area contributed by atoms with E-state index in [-0.39, 0.29) is 5.91 Å². The van der Waals surface area contributed by atoms with Gasteiger partial charge in [0.15, 0.2) is 0 Å². The lowest BCUT2D eigenvalue weighted by Gasteiger charge is -2.30. The van der Waals surface area contributed by atoms with Gasteiger partial charge in [0, 0.05) is 18.7 Å². The highest BCUT2D eigenvalue weighted by atomic mass is 32.1. The number of anilines is 2. The Balaban J connectivity index is 1.59. The van der Waals surface area contributed by atoms with Crippen LogP contribution in [0.15, 0.2) is 48.0 Å². The average molecular weight is 339 g/mol. The number of ether oxygens (including phenoxy) is 1. The third-order valence-electron chi connectivity index (χ3n) is 4.10. The largest absolute Gasteiger partial charge is 0.378 e. The van der Waals surface area contributed by atoms with Gasteiger partial charge in [-0.2, -0.15) is 0 Å². The van der Waals surface area contributed by atoms with Crippen molar-refractivity contribution in [3.8, 4) is 0 Å². The third kappa shape index (κ3) is 2.98. The van der Waals surface area contributed by atoms with Crippen LogP contribution in [0.3, 0.4) is 0 Å². The molecule has 1 aliphatic heterocycles. The van der Waals surface area contributed by atoms with E-state index in [1.54, 1.807) is 5.51 Å². The molecule has 0 spiro atoms. The standard InChI is InChI=1S/C18H17N3O2S/c22-18(13-5-6-15-17(11-13)24-12-19-15)20-14-3-1-2-4-16(14)21-7-9-23-10-8-21/h1-6,11-12H,7-10H2,(H,20,22). The molecule has 1 aliphatic rings. The molecular formula is C18H17N3O2S. The molecule has 2 aromatic carbocycles.